The van der Waals surface area contributed by atoms with Crippen LogP contribution in [0.1, 0.15) is 35.0 Å². The Bertz CT molecular complexity index is 615. The summed E-state index contributed by atoms with van der Waals surface area (Å²) in [5, 5.41) is 6.95. The Morgan fingerprint density at radius 2 is 1.96 bits per heavy atom. The minimum Gasteiger partial charge on any atom is -0.361 e. The molecule has 1 aromatic heterocycles. The van der Waals surface area contributed by atoms with Crippen molar-refractivity contribution in [3.63, 3.8) is 0 Å². The van der Waals surface area contributed by atoms with Crippen LogP contribution in [0, 0.1) is 13.8 Å². The van der Waals surface area contributed by atoms with Gasteiger partial charge >= 0.3 is 0 Å². The Morgan fingerprint density at radius 3 is 2.52 bits per heavy atom. The van der Waals surface area contributed by atoms with E-state index in [0.717, 1.165) is 17.0 Å². The van der Waals surface area contributed by atoms with E-state index in [2.05, 4.69) is 27.5 Å². The van der Waals surface area contributed by atoms with Gasteiger partial charge < -0.3 is 14.7 Å². The lowest BCUT2D eigenvalue weighted by Crippen LogP contribution is -2.34. The number of nitrogens with zero attached hydrogens (tertiary/aromatic N) is 2. The van der Waals surface area contributed by atoms with Gasteiger partial charge in [0, 0.05) is 18.5 Å². The van der Waals surface area contributed by atoms with Crippen LogP contribution in [0.2, 0.25) is 0 Å². The molecule has 1 amide bonds. The normalized spacial score (nSPS) is 12.4. The van der Waals surface area contributed by atoms with E-state index in [1.807, 2.05) is 46.1 Å². The molecule has 0 radical (unpaired) electrons. The molecule has 0 saturated heterocycles. The molecule has 5 nitrogen and oxygen atoms in total. The van der Waals surface area contributed by atoms with E-state index in [4.69, 9.17) is 4.52 Å². The zero-order valence-electron chi connectivity index (χ0n) is 14.3. The maximum absolute atomic E-state index is 12.1. The molecule has 1 heterocycles. The van der Waals surface area contributed by atoms with Crippen LogP contribution in [-0.2, 0) is 11.2 Å². The van der Waals surface area contributed by atoms with Gasteiger partial charge in [-0.1, -0.05) is 35.5 Å². The summed E-state index contributed by atoms with van der Waals surface area (Å²) in [5.74, 6) is 0.846. The minimum atomic E-state index is 0.0489. The highest BCUT2D eigenvalue weighted by molar-refractivity contribution is 5.76. The van der Waals surface area contributed by atoms with E-state index in [1.165, 1.54) is 5.56 Å². The Labute approximate surface area is 137 Å². The van der Waals surface area contributed by atoms with Crippen molar-refractivity contribution in [1.82, 2.24) is 15.4 Å². The molecule has 2 aromatic rings. The fourth-order valence-electron chi connectivity index (χ4n) is 2.67. The number of rotatable bonds is 7. The van der Waals surface area contributed by atoms with Gasteiger partial charge in [-0.25, -0.2) is 0 Å². The highest BCUT2D eigenvalue weighted by atomic mass is 16.5. The van der Waals surface area contributed by atoms with Gasteiger partial charge in [-0.2, -0.15) is 0 Å². The quantitative estimate of drug-likeness (QED) is 0.853. The summed E-state index contributed by atoms with van der Waals surface area (Å²) in [6.45, 7) is 4.38. The van der Waals surface area contributed by atoms with Gasteiger partial charge in [0.25, 0.3) is 0 Å². The Balaban J connectivity index is 1.87. The highest BCUT2D eigenvalue weighted by Gasteiger charge is 2.16. The van der Waals surface area contributed by atoms with Crippen molar-refractivity contribution in [3.05, 3.63) is 52.9 Å². The molecule has 0 aliphatic heterocycles. The third-order valence-electron chi connectivity index (χ3n) is 4.08. The number of carbonyl (C=O) groups excluding carboxylic acids is 1. The molecule has 124 valence electrons. The van der Waals surface area contributed by atoms with Crippen molar-refractivity contribution in [3.8, 4) is 0 Å². The van der Waals surface area contributed by atoms with Gasteiger partial charge in [-0.3, -0.25) is 4.79 Å². The number of hydrogen-bond donors (Lipinski definition) is 1. The molecule has 23 heavy (non-hydrogen) atoms. The van der Waals surface area contributed by atoms with E-state index < -0.39 is 0 Å². The molecule has 1 aromatic carbocycles. The zero-order chi connectivity index (χ0) is 16.8. The van der Waals surface area contributed by atoms with Crippen LogP contribution >= 0.6 is 0 Å². The van der Waals surface area contributed by atoms with Crippen molar-refractivity contribution in [2.45, 2.75) is 32.7 Å². The fourth-order valence-corrected chi connectivity index (χ4v) is 2.67. The molecular weight excluding hydrogens is 290 g/mol. The summed E-state index contributed by atoms with van der Waals surface area (Å²) in [7, 11) is 4.04. The van der Waals surface area contributed by atoms with Crippen LogP contribution in [0.25, 0.3) is 0 Å². The van der Waals surface area contributed by atoms with E-state index in [0.29, 0.717) is 19.4 Å². The topological polar surface area (TPSA) is 58.4 Å². The second-order valence-electron chi connectivity index (χ2n) is 6.00. The minimum absolute atomic E-state index is 0.0489. The number of nitrogens with one attached hydrogen (secondary N) is 1. The number of hydrogen-bond acceptors (Lipinski definition) is 4. The van der Waals surface area contributed by atoms with Gasteiger partial charge in [-0.05, 0) is 39.9 Å². The maximum atomic E-state index is 12.1. The number of benzene rings is 1. The average molecular weight is 315 g/mol. The van der Waals surface area contributed by atoms with Crippen LogP contribution in [0.15, 0.2) is 34.9 Å². The summed E-state index contributed by atoms with van der Waals surface area (Å²) < 4.78 is 5.13. The molecular formula is C18H25N3O2. The first kappa shape index (κ1) is 17.2. The van der Waals surface area contributed by atoms with Gasteiger partial charge in [0.05, 0.1) is 11.7 Å². The molecule has 0 aliphatic carbocycles. The van der Waals surface area contributed by atoms with Gasteiger partial charge in [-0.15, -0.1) is 0 Å². The van der Waals surface area contributed by atoms with E-state index in [-0.39, 0.29) is 11.9 Å². The first-order valence-corrected chi connectivity index (χ1v) is 7.89. The molecule has 0 fully saturated rings. The summed E-state index contributed by atoms with van der Waals surface area (Å²) >= 11 is 0. The summed E-state index contributed by atoms with van der Waals surface area (Å²) in [6.07, 6.45) is 1.10. The Kier molecular flexibility index (Phi) is 5.93. The van der Waals surface area contributed by atoms with Crippen LogP contribution < -0.4 is 5.32 Å². The van der Waals surface area contributed by atoms with Gasteiger partial charge in [0.1, 0.15) is 5.76 Å². The largest absolute Gasteiger partial charge is 0.361 e. The fraction of sp³-hybridized carbons (Fsp3) is 0.444. The van der Waals surface area contributed by atoms with Crippen LogP contribution in [-0.4, -0.2) is 36.6 Å². The molecule has 1 unspecified atom stereocenters. The van der Waals surface area contributed by atoms with Crippen molar-refractivity contribution in [2.24, 2.45) is 0 Å². The number of amides is 1. The number of aryl methyl sites for hydroxylation is 2. The number of aromatic nitrogens is 1. The first-order valence-electron chi connectivity index (χ1n) is 7.89. The molecule has 0 spiro atoms. The lowest BCUT2D eigenvalue weighted by atomic mass is 10.1. The van der Waals surface area contributed by atoms with Gasteiger partial charge in [0.2, 0.25) is 5.91 Å². The standard InChI is InChI=1S/C18H25N3O2/c1-13-16(14(2)23-20-13)10-11-18(22)19-12-17(21(3)4)15-8-6-5-7-9-15/h5-9,17H,10-12H2,1-4H3,(H,19,22). The summed E-state index contributed by atoms with van der Waals surface area (Å²) in [5.41, 5.74) is 3.10. The molecule has 0 aliphatic rings. The van der Waals surface area contributed by atoms with Crippen LogP contribution in [0.5, 0.6) is 0 Å². The lowest BCUT2D eigenvalue weighted by Gasteiger charge is -2.25. The average Bonchev–Trinajstić information content (AvgIpc) is 2.85. The Morgan fingerprint density at radius 1 is 1.26 bits per heavy atom. The SMILES string of the molecule is Cc1noc(C)c1CCC(=O)NCC(c1ccccc1)N(C)C. The molecule has 1 atom stereocenters. The summed E-state index contributed by atoms with van der Waals surface area (Å²) in [6, 6.07) is 10.4. The van der Waals surface area contributed by atoms with Crippen molar-refractivity contribution in [2.75, 3.05) is 20.6 Å². The lowest BCUT2D eigenvalue weighted by molar-refractivity contribution is -0.121. The van der Waals surface area contributed by atoms with Gasteiger partial charge in [0.15, 0.2) is 0 Å². The number of likely N-dealkylation sites (N-methyl/N-ethyl adjacent to an activating group) is 1. The number of carbonyl (C=O) groups is 1. The Hall–Kier alpha value is -2.14. The first-order chi connectivity index (χ1) is 11.0. The van der Waals surface area contributed by atoms with Crippen LogP contribution in [0.4, 0.5) is 0 Å². The van der Waals surface area contributed by atoms with Crippen molar-refractivity contribution < 1.29 is 9.32 Å². The van der Waals surface area contributed by atoms with E-state index in [1.54, 1.807) is 0 Å². The predicted molar refractivity (Wildman–Crippen MR) is 90.2 cm³/mol. The maximum Gasteiger partial charge on any atom is 0.220 e. The summed E-state index contributed by atoms with van der Waals surface area (Å²) in [4.78, 5) is 14.3. The van der Waals surface area contributed by atoms with Crippen molar-refractivity contribution in [1.29, 1.82) is 0 Å². The molecule has 2 rings (SSSR count). The third kappa shape index (κ3) is 4.66. The van der Waals surface area contributed by atoms with Crippen molar-refractivity contribution >= 4 is 5.91 Å². The smallest absolute Gasteiger partial charge is 0.220 e. The molecule has 0 saturated carbocycles. The zero-order valence-corrected chi connectivity index (χ0v) is 14.3. The molecule has 0 bridgehead atoms. The van der Waals surface area contributed by atoms with E-state index in [9.17, 15) is 4.79 Å². The second kappa shape index (κ2) is 7.92. The van der Waals surface area contributed by atoms with E-state index >= 15 is 0 Å². The monoisotopic (exact) mass is 315 g/mol. The van der Waals surface area contributed by atoms with Crippen LogP contribution in [0.3, 0.4) is 0 Å². The molecule has 1 N–H and O–H groups in total. The predicted octanol–water partition coefficient (Wildman–Crippen LogP) is 2.64. The third-order valence-corrected chi connectivity index (χ3v) is 4.08. The molecule has 5 heteroatoms. The highest BCUT2D eigenvalue weighted by Crippen LogP contribution is 2.17. The second-order valence-corrected chi connectivity index (χ2v) is 6.00.